The Morgan fingerprint density at radius 1 is 1.32 bits per heavy atom. The van der Waals surface area contributed by atoms with Gasteiger partial charge in [-0.1, -0.05) is 23.9 Å². The van der Waals surface area contributed by atoms with Crippen LogP contribution < -0.4 is 15.5 Å². The Morgan fingerprint density at radius 2 is 2.14 bits per heavy atom. The molecule has 0 unspecified atom stereocenters. The lowest BCUT2D eigenvalue weighted by molar-refractivity contribution is -0.116. The number of nitrogens with one attached hydrogen (secondary N) is 1. The minimum absolute atomic E-state index is 0.0549. The van der Waals surface area contributed by atoms with Crippen molar-refractivity contribution in [3.05, 3.63) is 64.3 Å². The highest BCUT2D eigenvalue weighted by atomic mass is 32.2. The maximum atomic E-state index is 12.5. The van der Waals surface area contributed by atoms with Crippen LogP contribution in [0.15, 0.2) is 52.8 Å². The first kappa shape index (κ1) is 19.7. The van der Waals surface area contributed by atoms with Crippen molar-refractivity contribution in [2.45, 2.75) is 24.4 Å². The molecule has 0 aliphatic carbocycles. The molecule has 0 bridgehead atoms. The molecule has 0 fully saturated rings. The van der Waals surface area contributed by atoms with Crippen molar-refractivity contribution in [3.63, 3.8) is 0 Å². The van der Waals surface area contributed by atoms with Crippen molar-refractivity contribution >= 4 is 23.4 Å². The first-order chi connectivity index (χ1) is 13.5. The third-order valence-corrected chi connectivity index (χ3v) is 5.11. The average molecular weight is 399 g/mol. The van der Waals surface area contributed by atoms with Gasteiger partial charge in [0.25, 0.3) is 0 Å². The Kier molecular flexibility index (Phi) is 6.15. The van der Waals surface area contributed by atoms with E-state index in [9.17, 15) is 9.59 Å². The zero-order valence-electron chi connectivity index (χ0n) is 15.9. The lowest BCUT2D eigenvalue weighted by Crippen LogP contribution is -2.22. The average Bonchev–Trinajstić information content (AvgIpc) is 3.06. The molecule has 146 valence electrons. The minimum atomic E-state index is -0.230. The number of aryl methyl sites for hydroxylation is 2. The van der Waals surface area contributed by atoms with Crippen molar-refractivity contribution < 1.29 is 9.53 Å². The van der Waals surface area contributed by atoms with Crippen molar-refractivity contribution in [3.8, 4) is 5.75 Å². The van der Waals surface area contributed by atoms with Gasteiger partial charge >= 0.3 is 0 Å². The summed E-state index contributed by atoms with van der Waals surface area (Å²) in [6.07, 6.45) is 3.17. The molecular weight excluding hydrogens is 378 g/mol. The molecule has 1 amide bonds. The molecule has 1 aromatic carbocycles. The highest BCUT2D eigenvalue weighted by Gasteiger charge is 2.12. The number of amides is 1. The molecule has 3 rings (SSSR count). The molecule has 28 heavy (non-hydrogen) atoms. The number of benzene rings is 1. The molecule has 2 aromatic heterocycles. The Labute approximate surface area is 166 Å². The summed E-state index contributed by atoms with van der Waals surface area (Å²) < 4.78 is 8.64. The van der Waals surface area contributed by atoms with Gasteiger partial charge in [-0.2, -0.15) is 0 Å². The Morgan fingerprint density at radius 3 is 2.82 bits per heavy atom. The third-order valence-electron chi connectivity index (χ3n) is 4.04. The fraction of sp³-hybridized carbons (Fsp3) is 0.263. The van der Waals surface area contributed by atoms with E-state index in [0.717, 1.165) is 16.4 Å². The molecule has 1 N–H and O–H groups in total. The number of hydrogen-bond acceptors (Lipinski definition) is 6. The number of thioether (sulfide) groups is 1. The molecule has 0 aliphatic rings. The van der Waals surface area contributed by atoms with E-state index in [0.29, 0.717) is 11.4 Å². The maximum Gasteiger partial charge on any atom is 0.244 e. The Balaban J connectivity index is 1.80. The molecule has 3 aromatic rings. The highest BCUT2D eigenvalue weighted by molar-refractivity contribution is 7.98. The molecule has 0 saturated carbocycles. The predicted molar refractivity (Wildman–Crippen MR) is 108 cm³/mol. The van der Waals surface area contributed by atoms with Gasteiger partial charge in [0.1, 0.15) is 12.9 Å². The summed E-state index contributed by atoms with van der Waals surface area (Å²) in [6.45, 7) is 2.02. The number of methoxy groups -OCH3 is 1. The van der Waals surface area contributed by atoms with E-state index in [1.54, 1.807) is 21.7 Å². The van der Waals surface area contributed by atoms with Gasteiger partial charge in [-0.3, -0.25) is 9.59 Å². The van der Waals surface area contributed by atoms with Crippen molar-refractivity contribution in [1.82, 2.24) is 19.3 Å². The summed E-state index contributed by atoms with van der Waals surface area (Å²) in [5, 5.41) is 11.5. The van der Waals surface area contributed by atoms with Crippen LogP contribution in [0.3, 0.4) is 0 Å². The van der Waals surface area contributed by atoms with Crippen LogP contribution in [0, 0.1) is 6.92 Å². The predicted octanol–water partition coefficient (Wildman–Crippen LogP) is 2.22. The number of aromatic nitrogens is 4. The number of rotatable bonds is 7. The standard InChI is InChI=1S/C19H21N5O3S/c1-13-5-4-6-14(7-13)21-18(26)10-24-9-17(27-3)16(25)8-15(24)11-28-19-22-20-12-23(19)2/h4-9,12H,10-11H2,1-3H3,(H,21,26). The van der Waals surface area contributed by atoms with E-state index in [-0.39, 0.29) is 23.6 Å². The van der Waals surface area contributed by atoms with Gasteiger partial charge in [0.05, 0.1) is 13.3 Å². The largest absolute Gasteiger partial charge is 0.491 e. The topological polar surface area (TPSA) is 91.0 Å². The molecule has 0 radical (unpaired) electrons. The summed E-state index contributed by atoms with van der Waals surface area (Å²) >= 11 is 1.43. The molecular formula is C19H21N5O3S. The first-order valence-corrected chi connectivity index (χ1v) is 9.55. The summed E-state index contributed by atoms with van der Waals surface area (Å²) in [5.74, 6) is 0.459. The van der Waals surface area contributed by atoms with Gasteiger partial charge in [-0.05, 0) is 24.6 Å². The van der Waals surface area contributed by atoms with Gasteiger partial charge in [0.15, 0.2) is 10.9 Å². The molecule has 0 aliphatic heterocycles. The lowest BCUT2D eigenvalue weighted by Gasteiger charge is -2.15. The molecule has 8 nitrogen and oxygen atoms in total. The first-order valence-electron chi connectivity index (χ1n) is 8.57. The Hall–Kier alpha value is -3.07. The summed E-state index contributed by atoms with van der Waals surface area (Å²) in [6, 6.07) is 9.07. The van der Waals surface area contributed by atoms with E-state index in [4.69, 9.17) is 4.74 Å². The lowest BCUT2D eigenvalue weighted by atomic mass is 10.2. The van der Waals surface area contributed by atoms with Gasteiger partial charge in [0.2, 0.25) is 11.3 Å². The van der Waals surface area contributed by atoms with Crippen LogP contribution in [-0.2, 0) is 24.1 Å². The second-order valence-electron chi connectivity index (χ2n) is 6.26. The second kappa shape index (κ2) is 8.75. The summed E-state index contributed by atoms with van der Waals surface area (Å²) in [7, 11) is 3.28. The number of anilines is 1. The second-order valence-corrected chi connectivity index (χ2v) is 7.20. The fourth-order valence-corrected chi connectivity index (χ4v) is 3.52. The number of pyridine rings is 1. The maximum absolute atomic E-state index is 12.5. The van der Waals surface area contributed by atoms with Gasteiger partial charge in [0, 0.05) is 30.2 Å². The number of nitrogens with zero attached hydrogens (tertiary/aromatic N) is 4. The van der Waals surface area contributed by atoms with Crippen molar-refractivity contribution in [2.24, 2.45) is 7.05 Å². The van der Waals surface area contributed by atoms with Crippen molar-refractivity contribution in [1.29, 1.82) is 0 Å². The molecule has 0 saturated heterocycles. The quantitative estimate of drug-likeness (QED) is 0.613. The van der Waals surface area contributed by atoms with Crippen LogP contribution in [0.1, 0.15) is 11.3 Å². The fourth-order valence-electron chi connectivity index (χ4n) is 2.64. The number of carbonyl (C=O) groups is 1. The monoisotopic (exact) mass is 399 g/mol. The normalized spacial score (nSPS) is 10.7. The van der Waals surface area contributed by atoms with E-state index < -0.39 is 0 Å². The molecule has 0 atom stereocenters. The van der Waals surface area contributed by atoms with Crippen LogP contribution >= 0.6 is 11.8 Å². The number of carbonyl (C=O) groups excluding carboxylic acids is 1. The van der Waals surface area contributed by atoms with E-state index >= 15 is 0 Å². The van der Waals surface area contributed by atoms with Crippen LogP contribution in [-0.4, -0.2) is 32.3 Å². The van der Waals surface area contributed by atoms with E-state index in [1.807, 2.05) is 38.2 Å². The summed E-state index contributed by atoms with van der Waals surface area (Å²) in [4.78, 5) is 24.7. The Bertz CT molecular complexity index is 1040. The smallest absolute Gasteiger partial charge is 0.244 e. The highest BCUT2D eigenvalue weighted by Crippen LogP contribution is 2.20. The van der Waals surface area contributed by atoms with Crippen LogP contribution in [0.5, 0.6) is 5.75 Å². The third kappa shape index (κ3) is 4.80. The van der Waals surface area contributed by atoms with Crippen LogP contribution in [0.4, 0.5) is 5.69 Å². The van der Waals surface area contributed by atoms with Crippen LogP contribution in [0.2, 0.25) is 0 Å². The van der Waals surface area contributed by atoms with Crippen molar-refractivity contribution in [2.75, 3.05) is 12.4 Å². The van der Waals surface area contributed by atoms with Gasteiger partial charge < -0.3 is 19.2 Å². The minimum Gasteiger partial charge on any atom is -0.491 e. The number of hydrogen-bond donors (Lipinski definition) is 1. The zero-order valence-corrected chi connectivity index (χ0v) is 16.7. The van der Waals surface area contributed by atoms with Gasteiger partial charge in [-0.25, -0.2) is 0 Å². The molecule has 2 heterocycles. The molecule has 0 spiro atoms. The SMILES string of the molecule is COc1cn(CC(=O)Nc2cccc(C)c2)c(CSc2nncn2C)cc1=O. The van der Waals surface area contributed by atoms with E-state index in [1.165, 1.54) is 24.9 Å². The zero-order chi connectivity index (χ0) is 20.1. The summed E-state index contributed by atoms with van der Waals surface area (Å²) in [5.41, 5.74) is 2.25. The molecule has 9 heteroatoms. The van der Waals surface area contributed by atoms with Gasteiger partial charge in [-0.15, -0.1) is 10.2 Å². The van der Waals surface area contributed by atoms with Crippen LogP contribution in [0.25, 0.3) is 0 Å². The van der Waals surface area contributed by atoms with E-state index in [2.05, 4.69) is 15.5 Å². The number of ether oxygens (including phenoxy) is 1.